The van der Waals surface area contributed by atoms with Crippen LogP contribution in [0.2, 0.25) is 0 Å². The minimum absolute atomic E-state index is 0.00717. The Kier molecular flexibility index (Phi) is 7.30. The number of ketones is 2. The number of methoxy groups -OCH3 is 1. The van der Waals surface area contributed by atoms with Gasteiger partial charge in [0.1, 0.15) is 11.6 Å². The van der Waals surface area contributed by atoms with Crippen LogP contribution in [0.25, 0.3) is 0 Å². The largest absolute Gasteiger partial charge is 0.497 e. The summed E-state index contributed by atoms with van der Waals surface area (Å²) in [6.45, 7) is 4.09. The molecule has 0 spiro atoms. The van der Waals surface area contributed by atoms with E-state index >= 15 is 0 Å². The number of allylic oxidation sites excluding steroid dienone is 3. The molecule has 0 amide bonds. The van der Waals surface area contributed by atoms with Gasteiger partial charge in [-0.15, -0.1) is 10.2 Å². The average Bonchev–Trinajstić information content (AvgIpc) is 3.39. The molecule has 0 fully saturated rings. The van der Waals surface area contributed by atoms with Gasteiger partial charge in [-0.2, -0.15) is 5.26 Å². The number of ether oxygens (including phenoxy) is 1. The number of nitrogens with zero attached hydrogens (tertiary/aromatic N) is 4. The summed E-state index contributed by atoms with van der Waals surface area (Å²) in [7, 11) is 1.58. The van der Waals surface area contributed by atoms with Crippen molar-refractivity contribution in [3.8, 4) is 11.8 Å². The first-order valence-corrected chi connectivity index (χ1v) is 14.2. The van der Waals surface area contributed by atoms with E-state index < -0.39 is 5.92 Å². The molecule has 0 saturated carbocycles. The highest BCUT2D eigenvalue weighted by Crippen LogP contribution is 2.51. The van der Waals surface area contributed by atoms with Crippen molar-refractivity contribution in [2.75, 3.05) is 17.8 Å². The van der Waals surface area contributed by atoms with Crippen LogP contribution in [0.1, 0.15) is 48.5 Å². The van der Waals surface area contributed by atoms with Crippen LogP contribution in [-0.4, -0.2) is 34.6 Å². The molecule has 0 radical (unpaired) electrons. The number of anilines is 1. The lowest BCUT2D eigenvalue weighted by Gasteiger charge is -2.42. The van der Waals surface area contributed by atoms with Crippen molar-refractivity contribution >= 4 is 39.8 Å². The van der Waals surface area contributed by atoms with Crippen molar-refractivity contribution in [3.05, 3.63) is 88.4 Å². The van der Waals surface area contributed by atoms with Crippen molar-refractivity contribution in [1.29, 1.82) is 5.26 Å². The summed E-state index contributed by atoms with van der Waals surface area (Å²) in [5.74, 6) is 0.435. The van der Waals surface area contributed by atoms with Gasteiger partial charge < -0.3 is 10.5 Å². The number of nitriles is 1. The van der Waals surface area contributed by atoms with Crippen LogP contribution >= 0.6 is 23.1 Å². The third-order valence-electron chi connectivity index (χ3n) is 6.82. The summed E-state index contributed by atoms with van der Waals surface area (Å²) in [6, 6.07) is 18.7. The molecule has 1 atom stereocenters. The molecule has 2 aliphatic rings. The second kappa shape index (κ2) is 10.7. The Morgan fingerprint density at radius 1 is 1.21 bits per heavy atom. The third-order valence-corrected chi connectivity index (χ3v) is 8.86. The van der Waals surface area contributed by atoms with E-state index in [2.05, 4.69) is 16.3 Å². The molecule has 8 nitrogen and oxygen atoms in total. The second-order valence-corrected chi connectivity index (χ2v) is 12.4. The van der Waals surface area contributed by atoms with E-state index in [0.29, 0.717) is 39.2 Å². The van der Waals surface area contributed by atoms with Crippen LogP contribution in [-0.2, 0) is 4.79 Å². The smallest absolute Gasteiger partial charge is 0.219 e. The van der Waals surface area contributed by atoms with Crippen LogP contribution < -0.4 is 15.4 Å². The van der Waals surface area contributed by atoms with Gasteiger partial charge in [-0.05, 0) is 29.5 Å². The molecule has 1 aliphatic carbocycles. The summed E-state index contributed by atoms with van der Waals surface area (Å²) in [6.07, 6.45) is 0.931. The number of Topliss-reactive ketones (excluding diaryl/α,β-unsaturated/α-hetero) is 2. The van der Waals surface area contributed by atoms with Gasteiger partial charge in [0.25, 0.3) is 0 Å². The Balaban J connectivity index is 1.54. The summed E-state index contributed by atoms with van der Waals surface area (Å²) in [4.78, 5) is 28.0. The fourth-order valence-corrected chi connectivity index (χ4v) is 6.84. The Hall–Kier alpha value is -3.94. The van der Waals surface area contributed by atoms with Crippen molar-refractivity contribution in [2.45, 2.75) is 36.9 Å². The predicted octanol–water partition coefficient (Wildman–Crippen LogP) is 5.46. The first kappa shape index (κ1) is 26.7. The Labute approximate surface area is 235 Å². The number of hydrogen-bond acceptors (Lipinski definition) is 10. The van der Waals surface area contributed by atoms with E-state index in [-0.39, 0.29) is 34.1 Å². The molecule has 3 aromatic rings. The molecule has 0 bridgehead atoms. The number of carbonyl (C=O) groups is 2. The van der Waals surface area contributed by atoms with Gasteiger partial charge in [0.15, 0.2) is 15.9 Å². The Bertz CT molecular complexity index is 1550. The predicted molar refractivity (Wildman–Crippen MR) is 151 cm³/mol. The maximum atomic E-state index is 13.7. The van der Waals surface area contributed by atoms with Crippen LogP contribution in [0.3, 0.4) is 0 Å². The van der Waals surface area contributed by atoms with E-state index in [4.69, 9.17) is 10.5 Å². The highest BCUT2D eigenvalue weighted by atomic mass is 32.2. The van der Waals surface area contributed by atoms with Gasteiger partial charge in [0.05, 0.1) is 30.4 Å². The van der Waals surface area contributed by atoms with Gasteiger partial charge in [-0.25, -0.2) is 0 Å². The molecule has 1 unspecified atom stereocenters. The second-order valence-electron chi connectivity index (χ2n) is 10.2. The van der Waals surface area contributed by atoms with Gasteiger partial charge >= 0.3 is 0 Å². The number of aromatic nitrogens is 2. The van der Waals surface area contributed by atoms with Crippen LogP contribution in [0.5, 0.6) is 5.75 Å². The molecule has 0 saturated heterocycles. The lowest BCUT2D eigenvalue weighted by molar-refractivity contribution is -0.118. The standard InChI is InChI=1S/C29H27N5O3S2/c1-29(2)13-21-25(22(35)14-29)24(18-10-7-11-19(12-18)37-3)20(15-30)26(31)34(21)27-32-33-28(39-27)38-16-23(36)17-8-5-4-6-9-17/h4-12,24H,13-14,16,31H2,1-3H3. The third kappa shape index (κ3) is 5.20. The van der Waals surface area contributed by atoms with Crippen LogP contribution in [0.4, 0.5) is 5.13 Å². The number of thioether (sulfide) groups is 1. The minimum Gasteiger partial charge on any atom is -0.497 e. The molecular formula is C29H27N5O3S2. The van der Waals surface area contributed by atoms with E-state index in [9.17, 15) is 14.9 Å². The summed E-state index contributed by atoms with van der Waals surface area (Å²) < 4.78 is 6.01. The van der Waals surface area contributed by atoms with E-state index in [1.54, 1.807) is 24.1 Å². The van der Waals surface area contributed by atoms with Crippen molar-refractivity contribution in [1.82, 2.24) is 10.2 Å². The SMILES string of the molecule is COc1cccc(C2C(C#N)=C(N)N(c3nnc(SCC(=O)c4ccccc4)s3)C3=C2C(=O)CC(C)(C)C3)c1. The minimum atomic E-state index is -0.606. The normalized spacial score (nSPS) is 18.6. The quantitative estimate of drug-likeness (QED) is 0.298. The molecule has 2 N–H and O–H groups in total. The van der Waals surface area contributed by atoms with Crippen LogP contribution in [0, 0.1) is 16.7 Å². The summed E-state index contributed by atoms with van der Waals surface area (Å²) >= 11 is 2.58. The highest BCUT2D eigenvalue weighted by molar-refractivity contribution is 8.01. The molecule has 1 aromatic heterocycles. The number of rotatable bonds is 7. The molecule has 2 heterocycles. The maximum absolute atomic E-state index is 13.7. The highest BCUT2D eigenvalue weighted by Gasteiger charge is 2.45. The Morgan fingerprint density at radius 3 is 2.69 bits per heavy atom. The van der Waals surface area contributed by atoms with Gasteiger partial charge in [0, 0.05) is 23.3 Å². The number of nitrogens with two attached hydrogens (primary N) is 1. The zero-order chi connectivity index (χ0) is 27.7. The first-order valence-electron chi connectivity index (χ1n) is 12.4. The monoisotopic (exact) mass is 557 g/mol. The average molecular weight is 558 g/mol. The fourth-order valence-electron chi connectivity index (χ4n) is 5.07. The molecule has 10 heteroatoms. The summed E-state index contributed by atoms with van der Waals surface area (Å²) in [5, 5.41) is 19.4. The summed E-state index contributed by atoms with van der Waals surface area (Å²) in [5.41, 5.74) is 9.36. The molecule has 39 heavy (non-hydrogen) atoms. The van der Waals surface area contributed by atoms with Crippen molar-refractivity contribution in [3.63, 3.8) is 0 Å². The van der Waals surface area contributed by atoms with Gasteiger partial charge in [-0.3, -0.25) is 14.5 Å². The zero-order valence-corrected chi connectivity index (χ0v) is 23.4. The van der Waals surface area contributed by atoms with Crippen molar-refractivity contribution < 1.29 is 14.3 Å². The first-order chi connectivity index (χ1) is 18.7. The molecule has 198 valence electrons. The molecule has 5 rings (SSSR count). The van der Waals surface area contributed by atoms with E-state index in [0.717, 1.165) is 11.3 Å². The number of hydrogen-bond donors (Lipinski definition) is 1. The van der Waals surface area contributed by atoms with Crippen LogP contribution in [0.15, 0.2) is 81.6 Å². The van der Waals surface area contributed by atoms with E-state index in [1.165, 1.54) is 23.1 Å². The molecule has 2 aromatic carbocycles. The van der Waals surface area contributed by atoms with E-state index in [1.807, 2.05) is 56.3 Å². The Morgan fingerprint density at radius 2 is 1.97 bits per heavy atom. The number of benzene rings is 2. The molecule has 1 aliphatic heterocycles. The number of carbonyl (C=O) groups excluding carboxylic acids is 2. The topological polar surface area (TPSA) is 122 Å². The van der Waals surface area contributed by atoms with Gasteiger partial charge in [0.2, 0.25) is 5.13 Å². The molecular weight excluding hydrogens is 530 g/mol. The lowest BCUT2D eigenvalue weighted by Crippen LogP contribution is -2.42. The van der Waals surface area contributed by atoms with Crippen molar-refractivity contribution in [2.24, 2.45) is 11.1 Å². The maximum Gasteiger partial charge on any atom is 0.219 e. The van der Waals surface area contributed by atoms with Gasteiger partial charge in [-0.1, -0.05) is 79.4 Å². The zero-order valence-electron chi connectivity index (χ0n) is 21.8. The lowest BCUT2D eigenvalue weighted by atomic mass is 9.68. The fraction of sp³-hybridized carbons (Fsp3) is 0.276.